The van der Waals surface area contributed by atoms with Gasteiger partial charge in [-0.1, -0.05) is 11.6 Å². The standard InChI is InChI=1S/C10H10ClN3O3/c11-9-8(5-7(6-12-9)14(16)17)10(15)13-3-1-2-4-13/h5-6H,1-4H2. The predicted molar refractivity (Wildman–Crippen MR) is 61.0 cm³/mol. The Balaban J connectivity index is 2.32. The quantitative estimate of drug-likeness (QED) is 0.459. The maximum Gasteiger partial charge on any atom is 0.288 e. The van der Waals surface area contributed by atoms with Crippen molar-refractivity contribution in [3.8, 4) is 0 Å². The molecule has 2 rings (SSSR count). The van der Waals surface area contributed by atoms with Crippen LogP contribution in [0, 0.1) is 10.1 Å². The molecule has 0 aromatic carbocycles. The number of aromatic nitrogens is 1. The molecule has 1 fully saturated rings. The topological polar surface area (TPSA) is 76.3 Å². The summed E-state index contributed by atoms with van der Waals surface area (Å²) in [6.07, 6.45) is 2.94. The Morgan fingerprint density at radius 1 is 1.47 bits per heavy atom. The number of nitro groups is 1. The number of hydrogen-bond acceptors (Lipinski definition) is 4. The minimum atomic E-state index is -0.593. The third kappa shape index (κ3) is 2.36. The van der Waals surface area contributed by atoms with E-state index in [2.05, 4.69) is 4.98 Å². The van der Waals surface area contributed by atoms with E-state index in [0.717, 1.165) is 19.0 Å². The molecule has 90 valence electrons. The lowest BCUT2D eigenvalue weighted by atomic mass is 10.2. The highest BCUT2D eigenvalue weighted by Gasteiger charge is 2.24. The van der Waals surface area contributed by atoms with E-state index in [0.29, 0.717) is 13.1 Å². The Kier molecular flexibility index (Phi) is 3.23. The molecule has 0 atom stereocenters. The van der Waals surface area contributed by atoms with E-state index < -0.39 is 4.92 Å². The zero-order valence-electron chi connectivity index (χ0n) is 8.93. The van der Waals surface area contributed by atoms with Gasteiger partial charge in [-0.3, -0.25) is 14.9 Å². The van der Waals surface area contributed by atoms with Gasteiger partial charge in [0.25, 0.3) is 11.6 Å². The summed E-state index contributed by atoms with van der Waals surface area (Å²) in [5.74, 6) is -0.288. The predicted octanol–water partition coefficient (Wildman–Crippen LogP) is 1.88. The smallest absolute Gasteiger partial charge is 0.288 e. The number of nitrogens with zero attached hydrogens (tertiary/aromatic N) is 3. The number of hydrogen-bond donors (Lipinski definition) is 0. The molecule has 1 amide bonds. The van der Waals surface area contributed by atoms with Crippen LogP contribution in [0.25, 0.3) is 0 Å². The van der Waals surface area contributed by atoms with E-state index >= 15 is 0 Å². The maximum atomic E-state index is 12.0. The second-order valence-corrected chi connectivity index (χ2v) is 4.15. The molecule has 1 aromatic heterocycles. The molecule has 0 saturated carbocycles. The van der Waals surface area contributed by atoms with Crippen LogP contribution in [0.5, 0.6) is 0 Å². The van der Waals surface area contributed by atoms with Gasteiger partial charge >= 0.3 is 0 Å². The molecule has 0 aliphatic carbocycles. The van der Waals surface area contributed by atoms with Crippen molar-refractivity contribution in [3.05, 3.63) is 33.1 Å². The van der Waals surface area contributed by atoms with Crippen molar-refractivity contribution in [3.63, 3.8) is 0 Å². The van der Waals surface area contributed by atoms with Gasteiger partial charge in [0.15, 0.2) is 0 Å². The lowest BCUT2D eigenvalue weighted by molar-refractivity contribution is -0.385. The molecule has 0 N–H and O–H groups in total. The zero-order chi connectivity index (χ0) is 12.4. The van der Waals surface area contributed by atoms with Gasteiger partial charge in [0.2, 0.25) is 0 Å². The maximum absolute atomic E-state index is 12.0. The minimum Gasteiger partial charge on any atom is -0.339 e. The van der Waals surface area contributed by atoms with Crippen molar-refractivity contribution in [2.75, 3.05) is 13.1 Å². The van der Waals surface area contributed by atoms with Crippen LogP contribution < -0.4 is 0 Å². The van der Waals surface area contributed by atoms with Gasteiger partial charge in [-0.15, -0.1) is 0 Å². The highest BCUT2D eigenvalue weighted by molar-refractivity contribution is 6.32. The SMILES string of the molecule is O=C(c1cc([N+](=O)[O-])cnc1Cl)N1CCCC1. The van der Waals surface area contributed by atoms with Crippen LogP contribution in [0.4, 0.5) is 5.69 Å². The average molecular weight is 256 g/mol. The van der Waals surface area contributed by atoms with Crippen LogP contribution in [-0.2, 0) is 0 Å². The summed E-state index contributed by atoms with van der Waals surface area (Å²) in [6.45, 7) is 1.33. The van der Waals surface area contributed by atoms with Gasteiger partial charge in [0.1, 0.15) is 11.3 Å². The molecule has 6 nitrogen and oxygen atoms in total. The van der Waals surface area contributed by atoms with Gasteiger partial charge < -0.3 is 4.90 Å². The Morgan fingerprint density at radius 2 is 2.12 bits per heavy atom. The first-order valence-corrected chi connectivity index (χ1v) is 5.56. The Hall–Kier alpha value is -1.69. The Bertz CT molecular complexity index is 472. The van der Waals surface area contributed by atoms with Crippen LogP contribution in [0.15, 0.2) is 12.3 Å². The fourth-order valence-corrected chi connectivity index (χ4v) is 1.96. The van der Waals surface area contributed by atoms with Crippen LogP contribution in [-0.4, -0.2) is 33.8 Å². The van der Waals surface area contributed by atoms with Gasteiger partial charge in [-0.25, -0.2) is 4.98 Å². The van der Waals surface area contributed by atoms with Crippen LogP contribution >= 0.6 is 11.6 Å². The van der Waals surface area contributed by atoms with E-state index in [4.69, 9.17) is 11.6 Å². The number of carbonyl (C=O) groups excluding carboxylic acids is 1. The molecular formula is C10H10ClN3O3. The second-order valence-electron chi connectivity index (χ2n) is 3.79. The number of likely N-dealkylation sites (tertiary alicyclic amines) is 1. The highest BCUT2D eigenvalue weighted by atomic mass is 35.5. The molecule has 2 heterocycles. The van der Waals surface area contributed by atoms with Crippen molar-refractivity contribution < 1.29 is 9.72 Å². The second kappa shape index (κ2) is 4.67. The van der Waals surface area contributed by atoms with Crippen molar-refractivity contribution in [1.82, 2.24) is 9.88 Å². The minimum absolute atomic E-state index is 0.00694. The van der Waals surface area contributed by atoms with Crippen molar-refractivity contribution in [2.24, 2.45) is 0 Å². The summed E-state index contributed by atoms with van der Waals surface area (Å²) in [4.78, 5) is 27.3. The van der Waals surface area contributed by atoms with Gasteiger partial charge in [0.05, 0.1) is 10.5 Å². The van der Waals surface area contributed by atoms with E-state index in [9.17, 15) is 14.9 Å². The number of rotatable bonds is 2. The normalized spacial score (nSPS) is 15.0. The molecule has 0 bridgehead atoms. The molecule has 7 heteroatoms. The van der Waals surface area contributed by atoms with Crippen LogP contribution in [0.3, 0.4) is 0 Å². The lowest BCUT2D eigenvalue weighted by Gasteiger charge is -2.15. The molecule has 1 aliphatic heterocycles. The average Bonchev–Trinajstić information content (AvgIpc) is 2.81. The Labute approximate surface area is 102 Å². The molecule has 1 aromatic rings. The van der Waals surface area contributed by atoms with E-state index in [1.807, 2.05) is 0 Å². The third-order valence-electron chi connectivity index (χ3n) is 2.66. The summed E-state index contributed by atoms with van der Waals surface area (Å²) in [6, 6.07) is 1.18. The van der Waals surface area contributed by atoms with E-state index in [1.165, 1.54) is 6.07 Å². The first-order valence-electron chi connectivity index (χ1n) is 5.19. The molecule has 17 heavy (non-hydrogen) atoms. The molecule has 0 radical (unpaired) electrons. The van der Waals surface area contributed by atoms with E-state index in [-0.39, 0.29) is 22.3 Å². The highest BCUT2D eigenvalue weighted by Crippen LogP contribution is 2.22. The number of halogens is 1. The molecule has 1 aliphatic rings. The van der Waals surface area contributed by atoms with Crippen LogP contribution in [0.1, 0.15) is 23.2 Å². The number of carbonyl (C=O) groups is 1. The third-order valence-corrected chi connectivity index (χ3v) is 2.96. The van der Waals surface area contributed by atoms with Crippen LogP contribution in [0.2, 0.25) is 5.15 Å². The van der Waals surface area contributed by atoms with Gasteiger partial charge in [0, 0.05) is 19.2 Å². The summed E-state index contributed by atoms with van der Waals surface area (Å²) in [5.41, 5.74) is -0.125. The van der Waals surface area contributed by atoms with Crippen molar-refractivity contribution >= 4 is 23.2 Å². The summed E-state index contributed by atoms with van der Waals surface area (Å²) >= 11 is 5.79. The summed E-state index contributed by atoms with van der Waals surface area (Å²) in [7, 11) is 0. The summed E-state index contributed by atoms with van der Waals surface area (Å²) < 4.78 is 0. The zero-order valence-corrected chi connectivity index (χ0v) is 9.68. The van der Waals surface area contributed by atoms with E-state index in [1.54, 1.807) is 4.90 Å². The van der Waals surface area contributed by atoms with Crippen molar-refractivity contribution in [1.29, 1.82) is 0 Å². The van der Waals surface area contributed by atoms with Gasteiger partial charge in [-0.2, -0.15) is 0 Å². The van der Waals surface area contributed by atoms with Crippen molar-refractivity contribution in [2.45, 2.75) is 12.8 Å². The lowest BCUT2D eigenvalue weighted by Crippen LogP contribution is -2.28. The molecule has 0 unspecified atom stereocenters. The summed E-state index contributed by atoms with van der Waals surface area (Å²) in [5, 5.41) is 10.6. The Morgan fingerprint density at radius 3 is 2.71 bits per heavy atom. The van der Waals surface area contributed by atoms with Gasteiger partial charge in [-0.05, 0) is 12.8 Å². The molecule has 0 spiro atoms. The number of pyridine rings is 1. The first kappa shape index (κ1) is 11.8. The number of amides is 1. The monoisotopic (exact) mass is 255 g/mol. The first-order chi connectivity index (χ1) is 8.09. The molecular weight excluding hydrogens is 246 g/mol. The largest absolute Gasteiger partial charge is 0.339 e. The molecule has 1 saturated heterocycles. The fraction of sp³-hybridized carbons (Fsp3) is 0.400. The fourth-order valence-electron chi connectivity index (χ4n) is 1.78.